The van der Waals surface area contributed by atoms with E-state index >= 15 is 0 Å². The lowest BCUT2D eigenvalue weighted by atomic mass is 10.1. The van der Waals surface area contributed by atoms with Gasteiger partial charge in [-0.1, -0.05) is 18.6 Å². The van der Waals surface area contributed by atoms with Crippen molar-refractivity contribution < 1.29 is 18.0 Å². The lowest BCUT2D eigenvalue weighted by Crippen LogP contribution is -2.41. The molecule has 1 aliphatic carbocycles. The zero-order chi connectivity index (χ0) is 22.0. The highest BCUT2D eigenvalue weighted by atomic mass is 32.2. The number of anilines is 1. The first-order chi connectivity index (χ1) is 14.8. The predicted molar refractivity (Wildman–Crippen MR) is 119 cm³/mol. The maximum absolute atomic E-state index is 13.1. The maximum atomic E-state index is 13.1. The number of hydrogen-bond donors (Lipinski definition) is 2. The Balaban J connectivity index is 1.50. The minimum Gasteiger partial charge on any atom is -0.349 e. The summed E-state index contributed by atoms with van der Waals surface area (Å²) in [6.07, 6.45) is 4.70. The molecular weight excluding hydrogens is 414 g/mol. The number of hydrogen-bond acceptors (Lipinski definition) is 4. The lowest BCUT2D eigenvalue weighted by molar-refractivity contribution is 0.0949. The molecule has 31 heavy (non-hydrogen) atoms. The molecule has 2 aliphatic rings. The number of sulfonamides is 1. The summed E-state index contributed by atoms with van der Waals surface area (Å²) in [6, 6.07) is 13.0. The van der Waals surface area contributed by atoms with E-state index in [0.717, 1.165) is 32.1 Å². The molecule has 1 saturated heterocycles. The van der Waals surface area contributed by atoms with Crippen LogP contribution in [0.25, 0.3) is 0 Å². The van der Waals surface area contributed by atoms with Crippen molar-refractivity contribution in [2.75, 3.05) is 11.9 Å². The first kappa shape index (κ1) is 21.5. The summed E-state index contributed by atoms with van der Waals surface area (Å²) in [6.45, 7) is 2.41. The highest BCUT2D eigenvalue weighted by Gasteiger charge is 2.31. The number of carbonyl (C=O) groups excluding carboxylic acids is 2. The van der Waals surface area contributed by atoms with Crippen molar-refractivity contribution in [3.05, 3.63) is 59.7 Å². The van der Waals surface area contributed by atoms with Gasteiger partial charge in [0.2, 0.25) is 10.0 Å². The summed E-state index contributed by atoms with van der Waals surface area (Å²) in [7, 11) is -3.66. The van der Waals surface area contributed by atoms with Crippen LogP contribution in [0.5, 0.6) is 0 Å². The number of carbonyl (C=O) groups is 2. The van der Waals surface area contributed by atoms with Crippen molar-refractivity contribution >= 4 is 27.5 Å². The third-order valence-electron chi connectivity index (χ3n) is 5.74. The Kier molecular flexibility index (Phi) is 6.11. The average Bonchev–Trinajstić information content (AvgIpc) is 3.58. The summed E-state index contributed by atoms with van der Waals surface area (Å²) >= 11 is 0. The van der Waals surface area contributed by atoms with Crippen LogP contribution in [-0.4, -0.2) is 43.2 Å². The van der Waals surface area contributed by atoms with Gasteiger partial charge in [0.05, 0.1) is 4.90 Å². The van der Waals surface area contributed by atoms with Gasteiger partial charge in [0.25, 0.3) is 11.8 Å². The van der Waals surface area contributed by atoms with Crippen molar-refractivity contribution in [1.29, 1.82) is 0 Å². The minimum absolute atomic E-state index is 0.0549. The Bertz CT molecular complexity index is 1100. The third-order valence-corrected chi connectivity index (χ3v) is 7.75. The molecule has 2 aromatic rings. The smallest absolute Gasteiger partial charge is 0.255 e. The van der Waals surface area contributed by atoms with E-state index in [9.17, 15) is 18.0 Å². The van der Waals surface area contributed by atoms with Crippen molar-refractivity contribution in [2.45, 2.75) is 56.0 Å². The minimum atomic E-state index is -3.66. The molecule has 0 radical (unpaired) electrons. The predicted octanol–water partition coefficient (Wildman–Crippen LogP) is 3.39. The van der Waals surface area contributed by atoms with Gasteiger partial charge in [-0.25, -0.2) is 8.42 Å². The van der Waals surface area contributed by atoms with E-state index < -0.39 is 15.9 Å². The van der Waals surface area contributed by atoms with E-state index in [-0.39, 0.29) is 28.4 Å². The number of piperidine rings is 1. The van der Waals surface area contributed by atoms with Gasteiger partial charge in [-0.05, 0) is 69.0 Å². The molecule has 7 nitrogen and oxygen atoms in total. The van der Waals surface area contributed by atoms with E-state index in [1.54, 1.807) is 36.4 Å². The molecule has 2 N–H and O–H groups in total. The van der Waals surface area contributed by atoms with Gasteiger partial charge in [-0.3, -0.25) is 9.59 Å². The fourth-order valence-electron chi connectivity index (χ4n) is 3.80. The Morgan fingerprint density at radius 2 is 1.65 bits per heavy atom. The SMILES string of the molecule is CC1CCCCN1S(=O)(=O)c1cccc(C(=O)Nc2cccc(C(=O)NC3CC3)c2)c1. The molecule has 0 aromatic heterocycles. The van der Waals surface area contributed by atoms with Gasteiger partial charge in [-0.15, -0.1) is 0 Å². The summed E-state index contributed by atoms with van der Waals surface area (Å²) in [5.41, 5.74) is 1.20. The molecular formula is C23H27N3O4S. The molecule has 1 aliphatic heterocycles. The summed E-state index contributed by atoms with van der Waals surface area (Å²) in [4.78, 5) is 25.1. The van der Waals surface area contributed by atoms with E-state index in [1.165, 1.54) is 16.4 Å². The Hall–Kier alpha value is -2.71. The topological polar surface area (TPSA) is 95.6 Å². The van der Waals surface area contributed by atoms with Crippen LogP contribution < -0.4 is 10.6 Å². The maximum Gasteiger partial charge on any atom is 0.255 e. The van der Waals surface area contributed by atoms with Crippen LogP contribution >= 0.6 is 0 Å². The second-order valence-electron chi connectivity index (χ2n) is 8.27. The fraction of sp³-hybridized carbons (Fsp3) is 0.391. The van der Waals surface area contributed by atoms with Crippen molar-refractivity contribution in [2.24, 2.45) is 0 Å². The third kappa shape index (κ3) is 4.97. The number of rotatable bonds is 6. The normalized spacial score (nSPS) is 19.6. The van der Waals surface area contributed by atoms with Gasteiger partial charge in [0.1, 0.15) is 0 Å². The first-order valence-electron chi connectivity index (χ1n) is 10.7. The van der Waals surface area contributed by atoms with E-state index in [0.29, 0.717) is 17.8 Å². The number of nitrogens with zero attached hydrogens (tertiary/aromatic N) is 1. The van der Waals surface area contributed by atoms with Gasteiger partial charge >= 0.3 is 0 Å². The number of amides is 2. The molecule has 0 spiro atoms. The Labute approximate surface area is 182 Å². The highest BCUT2D eigenvalue weighted by Crippen LogP contribution is 2.26. The molecule has 164 valence electrons. The van der Waals surface area contributed by atoms with Crippen LogP contribution in [-0.2, 0) is 10.0 Å². The molecule has 2 amide bonds. The molecule has 1 heterocycles. The molecule has 2 fully saturated rings. The zero-order valence-electron chi connectivity index (χ0n) is 17.5. The molecule has 2 aromatic carbocycles. The van der Waals surface area contributed by atoms with E-state index in [2.05, 4.69) is 10.6 Å². The Morgan fingerprint density at radius 3 is 2.35 bits per heavy atom. The van der Waals surface area contributed by atoms with Gasteiger partial charge in [0.15, 0.2) is 0 Å². The van der Waals surface area contributed by atoms with Crippen LogP contribution in [0.2, 0.25) is 0 Å². The monoisotopic (exact) mass is 441 g/mol. The second-order valence-corrected chi connectivity index (χ2v) is 10.2. The van der Waals surface area contributed by atoms with Gasteiger partial charge in [0, 0.05) is 35.4 Å². The fourth-order valence-corrected chi connectivity index (χ4v) is 5.55. The van der Waals surface area contributed by atoms with Crippen LogP contribution in [0, 0.1) is 0 Å². The van der Waals surface area contributed by atoms with E-state index in [1.807, 2.05) is 6.92 Å². The molecule has 1 saturated carbocycles. The highest BCUT2D eigenvalue weighted by molar-refractivity contribution is 7.89. The molecule has 4 rings (SSSR count). The van der Waals surface area contributed by atoms with Crippen molar-refractivity contribution in [3.63, 3.8) is 0 Å². The summed E-state index contributed by atoms with van der Waals surface area (Å²) in [5.74, 6) is -0.592. The van der Waals surface area contributed by atoms with Crippen molar-refractivity contribution in [3.8, 4) is 0 Å². The van der Waals surface area contributed by atoms with Gasteiger partial charge in [-0.2, -0.15) is 4.31 Å². The van der Waals surface area contributed by atoms with Crippen LogP contribution in [0.15, 0.2) is 53.4 Å². The average molecular weight is 442 g/mol. The molecule has 1 atom stereocenters. The number of nitrogens with one attached hydrogen (secondary N) is 2. The number of benzene rings is 2. The largest absolute Gasteiger partial charge is 0.349 e. The zero-order valence-corrected chi connectivity index (χ0v) is 18.3. The van der Waals surface area contributed by atoms with E-state index in [4.69, 9.17) is 0 Å². The van der Waals surface area contributed by atoms with Crippen molar-refractivity contribution in [1.82, 2.24) is 9.62 Å². The molecule has 8 heteroatoms. The van der Waals surface area contributed by atoms with Gasteiger partial charge < -0.3 is 10.6 Å². The second kappa shape index (κ2) is 8.80. The lowest BCUT2D eigenvalue weighted by Gasteiger charge is -2.32. The van der Waals surface area contributed by atoms with Crippen LogP contribution in [0.4, 0.5) is 5.69 Å². The molecule has 1 unspecified atom stereocenters. The summed E-state index contributed by atoms with van der Waals surface area (Å²) < 4.78 is 27.7. The Morgan fingerprint density at radius 1 is 0.935 bits per heavy atom. The summed E-state index contributed by atoms with van der Waals surface area (Å²) in [5, 5.41) is 5.68. The standard InChI is InChI=1S/C23H27N3O4S/c1-16-6-2-3-13-26(16)31(29,30)21-10-5-8-18(15-21)23(28)25-20-9-4-7-17(14-20)22(27)24-19-11-12-19/h4-5,7-10,14-16,19H,2-3,6,11-13H2,1H3,(H,24,27)(H,25,28). The quantitative estimate of drug-likeness (QED) is 0.718. The van der Waals surface area contributed by atoms with Crippen LogP contribution in [0.3, 0.4) is 0 Å². The van der Waals surface area contributed by atoms with Crippen LogP contribution in [0.1, 0.15) is 59.7 Å². The molecule has 0 bridgehead atoms. The first-order valence-corrected chi connectivity index (χ1v) is 12.1.